The van der Waals surface area contributed by atoms with Gasteiger partial charge in [0, 0.05) is 16.4 Å². The Hall–Kier alpha value is -1.93. The Balaban J connectivity index is 2.31. The smallest absolute Gasteiger partial charge is 0.228 e. The van der Waals surface area contributed by atoms with E-state index in [0.29, 0.717) is 11.6 Å². The van der Waals surface area contributed by atoms with Crippen LogP contribution in [-0.2, 0) is 0 Å². The maximum atomic E-state index is 8.75. The number of aromatic nitrogens is 2. The molecule has 0 saturated heterocycles. The van der Waals surface area contributed by atoms with E-state index in [1.54, 1.807) is 12.3 Å². The first-order valence-corrected chi connectivity index (χ1v) is 5.74. The third-order valence-electron chi connectivity index (χ3n) is 2.22. The molecule has 17 heavy (non-hydrogen) atoms. The first-order chi connectivity index (χ1) is 8.19. The van der Waals surface area contributed by atoms with Crippen LogP contribution in [0.25, 0.3) is 0 Å². The molecule has 2 rings (SSSR count). The zero-order valence-corrected chi connectivity index (χ0v) is 10.7. The zero-order chi connectivity index (χ0) is 12.3. The van der Waals surface area contributed by atoms with Crippen molar-refractivity contribution < 1.29 is 0 Å². The van der Waals surface area contributed by atoms with Crippen LogP contribution < -0.4 is 5.32 Å². The molecule has 0 aliphatic heterocycles. The summed E-state index contributed by atoms with van der Waals surface area (Å²) in [4.78, 5) is 8.12. The van der Waals surface area contributed by atoms with Crippen molar-refractivity contribution in [2.45, 2.75) is 6.92 Å². The van der Waals surface area contributed by atoms with Crippen molar-refractivity contribution in [3.05, 3.63) is 46.2 Å². The highest BCUT2D eigenvalue weighted by Crippen LogP contribution is 2.22. The van der Waals surface area contributed by atoms with E-state index in [9.17, 15) is 0 Å². The van der Waals surface area contributed by atoms with Gasteiger partial charge in [0.2, 0.25) is 5.95 Å². The number of benzene rings is 1. The fourth-order valence-electron chi connectivity index (χ4n) is 1.33. The average molecular weight is 289 g/mol. The first-order valence-electron chi connectivity index (χ1n) is 4.95. The molecule has 0 radical (unpaired) electrons. The Bertz CT molecular complexity index is 589. The molecule has 84 valence electrons. The Morgan fingerprint density at radius 1 is 1.35 bits per heavy atom. The third-order valence-corrected chi connectivity index (χ3v) is 2.71. The highest BCUT2D eigenvalue weighted by atomic mass is 79.9. The van der Waals surface area contributed by atoms with Crippen LogP contribution in [0.1, 0.15) is 11.3 Å². The van der Waals surface area contributed by atoms with E-state index < -0.39 is 0 Å². The fraction of sp³-hybridized carbons (Fsp3) is 0.0833. The number of nitrogens with zero attached hydrogens (tertiary/aromatic N) is 3. The first kappa shape index (κ1) is 11.6. The highest BCUT2D eigenvalue weighted by Gasteiger charge is 2.02. The number of hydrogen-bond acceptors (Lipinski definition) is 4. The van der Waals surface area contributed by atoms with Gasteiger partial charge in [0.05, 0.1) is 0 Å². The van der Waals surface area contributed by atoms with Crippen molar-refractivity contribution in [2.75, 3.05) is 5.32 Å². The van der Waals surface area contributed by atoms with Crippen LogP contribution in [0.15, 0.2) is 34.9 Å². The van der Waals surface area contributed by atoms with Crippen molar-refractivity contribution >= 4 is 27.6 Å². The summed E-state index contributed by atoms with van der Waals surface area (Å²) in [6.45, 7) is 1.99. The summed E-state index contributed by atoms with van der Waals surface area (Å²) in [6.07, 6.45) is 1.56. The number of aryl methyl sites for hydroxylation is 1. The van der Waals surface area contributed by atoms with E-state index >= 15 is 0 Å². The van der Waals surface area contributed by atoms with Gasteiger partial charge in [0.15, 0.2) is 0 Å². The van der Waals surface area contributed by atoms with Crippen LogP contribution in [0, 0.1) is 18.3 Å². The summed E-state index contributed by atoms with van der Waals surface area (Å²) >= 11 is 3.40. The fourth-order valence-corrected chi connectivity index (χ4v) is 1.69. The van der Waals surface area contributed by atoms with E-state index in [1.807, 2.05) is 31.2 Å². The standard InChI is InChI=1S/C12H9BrN4/c1-8-2-3-9(13)6-11(8)17-12-15-5-4-10(7-14)16-12/h2-6H,1H3,(H,15,16,17). The van der Waals surface area contributed by atoms with Gasteiger partial charge in [-0.25, -0.2) is 9.97 Å². The average Bonchev–Trinajstić information content (AvgIpc) is 2.34. The summed E-state index contributed by atoms with van der Waals surface area (Å²) in [5.41, 5.74) is 2.34. The molecule has 0 saturated carbocycles. The van der Waals surface area contributed by atoms with E-state index in [2.05, 4.69) is 31.2 Å². The van der Waals surface area contributed by atoms with Gasteiger partial charge in [0.1, 0.15) is 11.8 Å². The van der Waals surface area contributed by atoms with Crippen molar-refractivity contribution in [2.24, 2.45) is 0 Å². The topological polar surface area (TPSA) is 61.6 Å². The largest absolute Gasteiger partial charge is 0.324 e. The molecule has 0 bridgehead atoms. The highest BCUT2D eigenvalue weighted by molar-refractivity contribution is 9.10. The minimum Gasteiger partial charge on any atom is -0.324 e. The van der Waals surface area contributed by atoms with Crippen LogP contribution in [-0.4, -0.2) is 9.97 Å². The van der Waals surface area contributed by atoms with Crippen LogP contribution in [0.4, 0.5) is 11.6 Å². The lowest BCUT2D eigenvalue weighted by atomic mass is 10.2. The van der Waals surface area contributed by atoms with Crippen LogP contribution in [0.5, 0.6) is 0 Å². The molecule has 0 spiro atoms. The normalized spacial score (nSPS) is 9.71. The number of rotatable bonds is 2. The number of nitriles is 1. The van der Waals surface area contributed by atoms with E-state index in [-0.39, 0.29) is 0 Å². The van der Waals surface area contributed by atoms with Gasteiger partial charge >= 0.3 is 0 Å². The maximum absolute atomic E-state index is 8.75. The molecule has 4 nitrogen and oxygen atoms in total. The third kappa shape index (κ3) is 2.80. The molecular formula is C12H9BrN4. The Morgan fingerprint density at radius 2 is 2.18 bits per heavy atom. The van der Waals surface area contributed by atoms with Gasteiger partial charge < -0.3 is 5.32 Å². The number of anilines is 2. The molecule has 2 aromatic rings. The zero-order valence-electron chi connectivity index (χ0n) is 9.11. The number of hydrogen-bond donors (Lipinski definition) is 1. The summed E-state index contributed by atoms with van der Waals surface area (Å²) < 4.78 is 0.974. The van der Waals surface area contributed by atoms with Crippen molar-refractivity contribution in [1.82, 2.24) is 9.97 Å². The molecule has 1 aromatic heterocycles. The van der Waals surface area contributed by atoms with Gasteiger partial charge in [-0.3, -0.25) is 0 Å². The van der Waals surface area contributed by atoms with Gasteiger partial charge in [-0.15, -0.1) is 0 Å². The summed E-state index contributed by atoms with van der Waals surface area (Å²) in [5.74, 6) is 0.422. The second kappa shape index (κ2) is 4.93. The number of nitrogens with one attached hydrogen (secondary N) is 1. The van der Waals surface area contributed by atoms with E-state index in [4.69, 9.17) is 5.26 Å². The predicted octanol–water partition coefficient (Wildman–Crippen LogP) is 3.16. The Labute approximate surface area is 107 Å². The van der Waals surface area contributed by atoms with Crippen LogP contribution in [0.2, 0.25) is 0 Å². The molecule has 0 unspecified atom stereocenters. The van der Waals surface area contributed by atoms with Crippen molar-refractivity contribution in [3.63, 3.8) is 0 Å². The molecule has 0 atom stereocenters. The lowest BCUT2D eigenvalue weighted by molar-refractivity contribution is 1.14. The summed E-state index contributed by atoms with van der Waals surface area (Å²) in [6, 6.07) is 9.44. The molecule has 0 aliphatic carbocycles. The molecule has 5 heteroatoms. The Kier molecular flexibility index (Phi) is 3.35. The van der Waals surface area contributed by atoms with Crippen LogP contribution in [0.3, 0.4) is 0 Å². The molecule has 1 heterocycles. The predicted molar refractivity (Wildman–Crippen MR) is 68.9 cm³/mol. The SMILES string of the molecule is Cc1ccc(Br)cc1Nc1nccc(C#N)n1. The van der Waals surface area contributed by atoms with Crippen LogP contribution >= 0.6 is 15.9 Å². The Morgan fingerprint density at radius 3 is 2.94 bits per heavy atom. The molecule has 0 amide bonds. The van der Waals surface area contributed by atoms with Crippen molar-refractivity contribution in [3.8, 4) is 6.07 Å². The minimum absolute atomic E-state index is 0.343. The second-order valence-corrected chi connectivity index (χ2v) is 4.38. The maximum Gasteiger partial charge on any atom is 0.228 e. The van der Waals surface area contributed by atoms with Gasteiger partial charge in [-0.1, -0.05) is 22.0 Å². The summed E-state index contributed by atoms with van der Waals surface area (Å²) in [5, 5.41) is 11.8. The quantitative estimate of drug-likeness (QED) is 0.922. The summed E-state index contributed by atoms with van der Waals surface area (Å²) in [7, 11) is 0. The van der Waals surface area contributed by atoms with E-state index in [0.717, 1.165) is 15.7 Å². The van der Waals surface area contributed by atoms with Gasteiger partial charge in [0.25, 0.3) is 0 Å². The molecule has 1 N–H and O–H groups in total. The van der Waals surface area contributed by atoms with Crippen molar-refractivity contribution in [1.29, 1.82) is 5.26 Å². The molecule has 0 fully saturated rings. The molecule has 1 aromatic carbocycles. The lowest BCUT2D eigenvalue weighted by Crippen LogP contribution is -1.99. The van der Waals surface area contributed by atoms with Gasteiger partial charge in [-0.05, 0) is 30.7 Å². The molecular weight excluding hydrogens is 280 g/mol. The number of halogens is 1. The van der Waals surface area contributed by atoms with Gasteiger partial charge in [-0.2, -0.15) is 5.26 Å². The second-order valence-electron chi connectivity index (χ2n) is 3.46. The molecule has 0 aliphatic rings. The lowest BCUT2D eigenvalue weighted by Gasteiger charge is -2.08. The monoisotopic (exact) mass is 288 g/mol. The van der Waals surface area contributed by atoms with E-state index in [1.165, 1.54) is 0 Å². The minimum atomic E-state index is 0.343.